The molecule has 3 nitrogen and oxygen atoms in total. The van der Waals surface area contributed by atoms with Crippen LogP contribution in [0.5, 0.6) is 0 Å². The van der Waals surface area contributed by atoms with Gasteiger partial charge in [-0.1, -0.05) is 29.8 Å². The molecule has 20 heavy (non-hydrogen) atoms. The van der Waals surface area contributed by atoms with Gasteiger partial charge in [0.15, 0.2) is 0 Å². The molecule has 5 heteroatoms. The Morgan fingerprint density at radius 1 is 1.20 bits per heavy atom. The Morgan fingerprint density at radius 3 is 2.70 bits per heavy atom. The van der Waals surface area contributed by atoms with Crippen molar-refractivity contribution in [3.63, 3.8) is 0 Å². The van der Waals surface area contributed by atoms with E-state index >= 15 is 0 Å². The topological polar surface area (TPSA) is 41.1 Å². The van der Waals surface area contributed by atoms with Crippen LogP contribution in [0.1, 0.15) is 5.56 Å². The fraction of sp³-hybridized carbons (Fsp3) is 0.133. The lowest BCUT2D eigenvalue weighted by Gasteiger charge is -2.10. The minimum absolute atomic E-state index is 0.0372. The summed E-state index contributed by atoms with van der Waals surface area (Å²) in [6, 6.07) is 11.4. The molecule has 0 heterocycles. The molecule has 0 aliphatic heterocycles. The zero-order valence-electron chi connectivity index (χ0n) is 10.9. The van der Waals surface area contributed by atoms with E-state index in [2.05, 4.69) is 10.6 Å². The number of aryl methyl sites for hydroxylation is 1. The molecule has 2 rings (SSSR count). The highest BCUT2D eigenvalue weighted by molar-refractivity contribution is 6.30. The number of benzene rings is 2. The zero-order chi connectivity index (χ0) is 14.5. The fourth-order valence-electron chi connectivity index (χ4n) is 1.72. The normalized spacial score (nSPS) is 10.2. The van der Waals surface area contributed by atoms with Crippen LogP contribution < -0.4 is 10.6 Å². The molecular weight excluding hydrogens is 279 g/mol. The molecule has 0 atom stereocenters. The third-order valence-corrected chi connectivity index (χ3v) is 3.02. The lowest BCUT2D eigenvalue weighted by Crippen LogP contribution is -2.22. The molecule has 2 aromatic carbocycles. The monoisotopic (exact) mass is 292 g/mol. The quantitative estimate of drug-likeness (QED) is 0.899. The van der Waals surface area contributed by atoms with E-state index in [0.717, 1.165) is 11.3 Å². The van der Waals surface area contributed by atoms with Gasteiger partial charge in [0.2, 0.25) is 5.91 Å². The highest BCUT2D eigenvalue weighted by Crippen LogP contribution is 2.20. The van der Waals surface area contributed by atoms with E-state index in [0.29, 0.717) is 5.02 Å². The van der Waals surface area contributed by atoms with E-state index in [1.54, 1.807) is 24.3 Å². The second-order valence-electron chi connectivity index (χ2n) is 4.34. The zero-order valence-corrected chi connectivity index (χ0v) is 11.7. The molecule has 0 spiro atoms. The Balaban J connectivity index is 1.96. The van der Waals surface area contributed by atoms with Gasteiger partial charge in [0, 0.05) is 10.7 Å². The van der Waals surface area contributed by atoms with Crippen LogP contribution in [0.3, 0.4) is 0 Å². The molecule has 0 saturated heterocycles. The SMILES string of the molecule is Cc1ccc(Cl)cc1NCC(=O)Nc1ccccc1F. The van der Waals surface area contributed by atoms with Crippen molar-refractivity contribution in [3.05, 3.63) is 58.9 Å². The number of carbonyl (C=O) groups is 1. The standard InChI is InChI=1S/C15H14ClFN2O/c1-10-6-7-11(16)8-14(10)18-9-15(20)19-13-5-3-2-4-12(13)17/h2-8,18H,9H2,1H3,(H,19,20). The predicted octanol–water partition coefficient (Wildman–Crippen LogP) is 3.84. The van der Waals surface area contributed by atoms with Crippen molar-refractivity contribution in [2.45, 2.75) is 6.92 Å². The maximum atomic E-state index is 13.4. The van der Waals surface area contributed by atoms with Crippen LogP contribution in [-0.4, -0.2) is 12.5 Å². The summed E-state index contributed by atoms with van der Waals surface area (Å²) in [4.78, 5) is 11.8. The van der Waals surface area contributed by atoms with Gasteiger partial charge in [0.1, 0.15) is 5.82 Å². The van der Waals surface area contributed by atoms with E-state index in [1.165, 1.54) is 12.1 Å². The van der Waals surface area contributed by atoms with Crippen LogP contribution in [0.4, 0.5) is 15.8 Å². The van der Waals surface area contributed by atoms with Gasteiger partial charge in [-0.2, -0.15) is 0 Å². The Kier molecular flexibility index (Phi) is 4.58. The van der Waals surface area contributed by atoms with E-state index in [-0.39, 0.29) is 18.1 Å². The average molecular weight is 293 g/mol. The third-order valence-electron chi connectivity index (χ3n) is 2.79. The fourth-order valence-corrected chi connectivity index (χ4v) is 1.89. The summed E-state index contributed by atoms with van der Waals surface area (Å²) < 4.78 is 13.4. The number of hydrogen-bond acceptors (Lipinski definition) is 2. The third kappa shape index (κ3) is 3.71. The van der Waals surface area contributed by atoms with Crippen molar-refractivity contribution in [1.82, 2.24) is 0 Å². The molecule has 1 amide bonds. The molecule has 0 aliphatic rings. The summed E-state index contributed by atoms with van der Waals surface area (Å²) in [5.41, 5.74) is 1.93. The van der Waals surface area contributed by atoms with Gasteiger partial charge in [-0.25, -0.2) is 4.39 Å². The minimum Gasteiger partial charge on any atom is -0.376 e. The molecule has 0 radical (unpaired) electrons. The van der Waals surface area contributed by atoms with Crippen molar-refractivity contribution < 1.29 is 9.18 Å². The summed E-state index contributed by atoms with van der Waals surface area (Å²) in [6.45, 7) is 1.95. The Bertz CT molecular complexity index is 631. The Hall–Kier alpha value is -2.07. The van der Waals surface area contributed by atoms with Crippen molar-refractivity contribution in [3.8, 4) is 0 Å². The first-order valence-electron chi connectivity index (χ1n) is 6.10. The summed E-state index contributed by atoms with van der Waals surface area (Å²) in [6.07, 6.45) is 0. The van der Waals surface area contributed by atoms with E-state index in [4.69, 9.17) is 11.6 Å². The number of rotatable bonds is 4. The average Bonchev–Trinajstić information content (AvgIpc) is 2.42. The van der Waals surface area contributed by atoms with E-state index in [9.17, 15) is 9.18 Å². The molecule has 0 fully saturated rings. The maximum absolute atomic E-state index is 13.4. The number of carbonyl (C=O) groups excluding carboxylic acids is 1. The van der Waals surface area contributed by atoms with Gasteiger partial charge in [0.05, 0.1) is 12.2 Å². The number of hydrogen-bond donors (Lipinski definition) is 2. The number of amides is 1. The molecule has 0 bridgehead atoms. The smallest absolute Gasteiger partial charge is 0.243 e. The maximum Gasteiger partial charge on any atom is 0.243 e. The highest BCUT2D eigenvalue weighted by Gasteiger charge is 2.07. The van der Waals surface area contributed by atoms with Crippen LogP contribution in [0.15, 0.2) is 42.5 Å². The minimum atomic E-state index is -0.459. The molecule has 0 aliphatic carbocycles. The second kappa shape index (κ2) is 6.39. The van der Waals surface area contributed by atoms with Gasteiger partial charge in [-0.15, -0.1) is 0 Å². The first-order valence-corrected chi connectivity index (χ1v) is 6.48. The van der Waals surface area contributed by atoms with E-state index in [1.807, 2.05) is 13.0 Å². The molecule has 0 unspecified atom stereocenters. The van der Waals surface area contributed by atoms with Gasteiger partial charge in [-0.3, -0.25) is 4.79 Å². The van der Waals surface area contributed by atoms with Crippen molar-refractivity contribution in [2.24, 2.45) is 0 Å². The number of para-hydroxylation sites is 1. The van der Waals surface area contributed by atoms with Gasteiger partial charge in [0.25, 0.3) is 0 Å². The molecule has 0 aromatic heterocycles. The lowest BCUT2D eigenvalue weighted by molar-refractivity contribution is -0.114. The van der Waals surface area contributed by atoms with E-state index < -0.39 is 5.82 Å². The van der Waals surface area contributed by atoms with Crippen LogP contribution in [0.2, 0.25) is 5.02 Å². The summed E-state index contributed by atoms with van der Waals surface area (Å²) in [5, 5.41) is 6.07. The number of halogens is 2. The van der Waals surface area contributed by atoms with Gasteiger partial charge >= 0.3 is 0 Å². The first kappa shape index (κ1) is 14.3. The molecular formula is C15H14ClFN2O. The first-order chi connectivity index (χ1) is 9.56. The highest BCUT2D eigenvalue weighted by atomic mass is 35.5. The summed E-state index contributed by atoms with van der Waals surface area (Å²) >= 11 is 5.89. The second-order valence-corrected chi connectivity index (χ2v) is 4.78. The molecule has 2 aromatic rings. The van der Waals surface area contributed by atoms with Gasteiger partial charge in [-0.05, 0) is 36.8 Å². The largest absolute Gasteiger partial charge is 0.376 e. The van der Waals surface area contributed by atoms with Crippen LogP contribution in [0, 0.1) is 12.7 Å². The van der Waals surface area contributed by atoms with Crippen LogP contribution >= 0.6 is 11.6 Å². The van der Waals surface area contributed by atoms with Crippen LogP contribution in [0.25, 0.3) is 0 Å². The summed E-state index contributed by atoms with van der Waals surface area (Å²) in [5.74, 6) is -0.783. The molecule has 2 N–H and O–H groups in total. The molecule has 0 saturated carbocycles. The molecule has 104 valence electrons. The van der Waals surface area contributed by atoms with Crippen molar-refractivity contribution in [2.75, 3.05) is 17.2 Å². The van der Waals surface area contributed by atoms with Crippen molar-refractivity contribution in [1.29, 1.82) is 0 Å². The summed E-state index contributed by atoms with van der Waals surface area (Å²) in [7, 11) is 0. The van der Waals surface area contributed by atoms with Gasteiger partial charge < -0.3 is 10.6 Å². The number of anilines is 2. The Labute approximate surface area is 121 Å². The van der Waals surface area contributed by atoms with Crippen LogP contribution in [-0.2, 0) is 4.79 Å². The number of nitrogens with one attached hydrogen (secondary N) is 2. The lowest BCUT2D eigenvalue weighted by atomic mass is 10.2. The Morgan fingerprint density at radius 2 is 1.95 bits per heavy atom. The van der Waals surface area contributed by atoms with Crippen molar-refractivity contribution >= 4 is 28.9 Å². The predicted molar refractivity (Wildman–Crippen MR) is 79.7 cm³/mol.